The maximum absolute atomic E-state index is 15.1. The van der Waals surface area contributed by atoms with Crippen molar-refractivity contribution in [3.05, 3.63) is 49.1 Å². The second-order valence-corrected chi connectivity index (χ2v) is 8.84. The monoisotopic (exact) mass is 405 g/mol. The summed E-state index contributed by atoms with van der Waals surface area (Å²) in [6, 6.07) is 5.15. The fraction of sp³-hybridized carbons (Fsp3) is 0.391. The number of aromatic hydroxyl groups is 1. The first kappa shape index (κ1) is 19.1. The van der Waals surface area contributed by atoms with E-state index in [1.807, 2.05) is 12.1 Å². The molecule has 5 rings (SSSR count). The first-order valence-electron chi connectivity index (χ1n) is 10.2. The van der Waals surface area contributed by atoms with Crippen molar-refractivity contribution in [1.29, 1.82) is 0 Å². The standard InChI is InChI=1S/C23H24FN5O/c1-12-6-18-21(24)17(9-23(12,3)27-18)13(2)19-11-26-22(29-28-19)16-7-14-4-5-25-10-15(14)8-20(16)30/h4-5,7-8,10-12,17-18,21,27,30H,2,6,9H2,1,3H3/t12?,17?,18?,21-,23-/m1/s1. The van der Waals surface area contributed by atoms with Crippen molar-refractivity contribution < 1.29 is 9.50 Å². The van der Waals surface area contributed by atoms with E-state index in [9.17, 15) is 5.11 Å². The Balaban J connectivity index is 1.43. The Morgan fingerprint density at radius 1 is 1.27 bits per heavy atom. The second-order valence-electron chi connectivity index (χ2n) is 8.84. The van der Waals surface area contributed by atoms with Crippen LogP contribution in [0.2, 0.25) is 0 Å². The van der Waals surface area contributed by atoms with Gasteiger partial charge in [0.1, 0.15) is 17.6 Å². The highest BCUT2D eigenvalue weighted by atomic mass is 19.1. The number of nitrogens with zero attached hydrogens (tertiary/aromatic N) is 4. The number of nitrogens with one attached hydrogen (secondary N) is 1. The van der Waals surface area contributed by atoms with Gasteiger partial charge >= 0.3 is 0 Å². The smallest absolute Gasteiger partial charge is 0.185 e. The third kappa shape index (κ3) is 2.96. The summed E-state index contributed by atoms with van der Waals surface area (Å²) in [5.74, 6) is 0.473. The number of alkyl halides is 1. The molecule has 2 aromatic heterocycles. The van der Waals surface area contributed by atoms with Crippen molar-refractivity contribution in [1.82, 2.24) is 25.5 Å². The van der Waals surface area contributed by atoms with E-state index in [0.717, 1.165) is 17.2 Å². The van der Waals surface area contributed by atoms with Crippen LogP contribution in [0.25, 0.3) is 27.7 Å². The number of benzene rings is 1. The van der Waals surface area contributed by atoms with Gasteiger partial charge < -0.3 is 10.4 Å². The average Bonchev–Trinajstić information content (AvgIpc) is 3.00. The van der Waals surface area contributed by atoms with Gasteiger partial charge in [-0.25, -0.2) is 9.37 Å². The number of halogens is 1. The molecule has 3 aromatic rings. The summed E-state index contributed by atoms with van der Waals surface area (Å²) in [5, 5.41) is 24.1. The molecule has 2 saturated heterocycles. The minimum absolute atomic E-state index is 0.0598. The predicted octanol–water partition coefficient (Wildman–Crippen LogP) is 3.92. The number of phenolic OH excluding ortho intramolecular Hbond substituents is 1. The third-order valence-electron chi connectivity index (χ3n) is 6.96. The van der Waals surface area contributed by atoms with E-state index in [2.05, 4.69) is 45.9 Å². The van der Waals surface area contributed by atoms with E-state index < -0.39 is 6.17 Å². The fourth-order valence-electron chi connectivity index (χ4n) is 4.94. The van der Waals surface area contributed by atoms with Gasteiger partial charge in [0.25, 0.3) is 0 Å². The number of piperidine rings is 1. The van der Waals surface area contributed by atoms with Crippen LogP contribution < -0.4 is 5.32 Å². The lowest BCUT2D eigenvalue weighted by Gasteiger charge is -2.41. The van der Waals surface area contributed by atoms with E-state index in [-0.39, 0.29) is 23.2 Å². The van der Waals surface area contributed by atoms with Crippen molar-refractivity contribution in [3.63, 3.8) is 0 Å². The zero-order chi connectivity index (χ0) is 21.0. The SMILES string of the molecule is C=C(c1cnc(-c2cc3ccncc3cc2O)nn1)C1C[C@@]2(C)NC(CC2C)[C@@H]1F. The van der Waals surface area contributed by atoms with Crippen LogP contribution in [0.4, 0.5) is 4.39 Å². The number of phenols is 1. The highest BCUT2D eigenvalue weighted by molar-refractivity contribution is 5.88. The van der Waals surface area contributed by atoms with Crippen molar-refractivity contribution >= 4 is 16.3 Å². The van der Waals surface area contributed by atoms with Crippen LogP contribution in [0.1, 0.15) is 32.4 Å². The van der Waals surface area contributed by atoms with Gasteiger partial charge in [0.2, 0.25) is 0 Å². The van der Waals surface area contributed by atoms with E-state index >= 15 is 4.39 Å². The van der Waals surface area contributed by atoms with Gasteiger partial charge in [0, 0.05) is 35.3 Å². The molecule has 5 atom stereocenters. The first-order chi connectivity index (χ1) is 14.4. The molecule has 6 nitrogen and oxygen atoms in total. The molecule has 0 amide bonds. The van der Waals surface area contributed by atoms with Crippen LogP contribution in [-0.4, -0.2) is 43.0 Å². The van der Waals surface area contributed by atoms with Crippen molar-refractivity contribution in [3.8, 4) is 17.1 Å². The highest BCUT2D eigenvalue weighted by Gasteiger charge is 2.52. The lowest BCUT2D eigenvalue weighted by molar-refractivity contribution is 0.128. The van der Waals surface area contributed by atoms with Crippen molar-refractivity contribution in [2.45, 2.75) is 44.4 Å². The predicted molar refractivity (Wildman–Crippen MR) is 113 cm³/mol. The lowest BCUT2D eigenvalue weighted by Crippen LogP contribution is -2.54. The first-order valence-corrected chi connectivity index (χ1v) is 10.2. The molecule has 4 heterocycles. The molecule has 1 aromatic carbocycles. The van der Waals surface area contributed by atoms with Gasteiger partial charge in [-0.3, -0.25) is 4.98 Å². The quantitative estimate of drug-likeness (QED) is 0.687. The molecule has 2 bridgehead atoms. The molecular weight excluding hydrogens is 381 g/mol. The molecule has 7 heteroatoms. The minimum atomic E-state index is -1.00. The summed E-state index contributed by atoms with van der Waals surface area (Å²) in [4.78, 5) is 8.46. The molecule has 2 aliphatic rings. The van der Waals surface area contributed by atoms with Crippen LogP contribution in [0.5, 0.6) is 5.75 Å². The number of hydrogen-bond acceptors (Lipinski definition) is 6. The zero-order valence-corrected chi connectivity index (χ0v) is 17.0. The maximum Gasteiger partial charge on any atom is 0.185 e. The molecule has 30 heavy (non-hydrogen) atoms. The summed E-state index contributed by atoms with van der Waals surface area (Å²) in [6.45, 7) is 8.48. The fourth-order valence-corrected chi connectivity index (χ4v) is 4.94. The van der Waals surface area contributed by atoms with Gasteiger partial charge in [-0.2, -0.15) is 0 Å². The van der Waals surface area contributed by atoms with E-state index in [1.165, 1.54) is 0 Å². The summed E-state index contributed by atoms with van der Waals surface area (Å²) >= 11 is 0. The molecule has 2 N–H and O–H groups in total. The van der Waals surface area contributed by atoms with E-state index in [4.69, 9.17) is 0 Å². The summed E-state index contributed by atoms with van der Waals surface area (Å²) < 4.78 is 15.1. The number of rotatable bonds is 3. The third-order valence-corrected chi connectivity index (χ3v) is 6.96. The average molecular weight is 405 g/mol. The number of aromatic nitrogens is 4. The Hall–Kier alpha value is -2.93. The van der Waals surface area contributed by atoms with Crippen molar-refractivity contribution in [2.75, 3.05) is 0 Å². The molecule has 0 saturated carbocycles. The molecule has 0 radical (unpaired) electrons. The number of hydrogen-bond donors (Lipinski definition) is 2. The molecule has 2 fully saturated rings. The number of allylic oxidation sites excluding steroid dienone is 1. The van der Waals surface area contributed by atoms with Gasteiger partial charge in [0.15, 0.2) is 5.82 Å². The van der Waals surface area contributed by atoms with Crippen LogP contribution in [0.3, 0.4) is 0 Å². The Labute approximate surface area is 174 Å². The normalized spacial score (nSPS) is 30.5. The maximum atomic E-state index is 15.1. The number of pyridine rings is 1. The topological polar surface area (TPSA) is 83.8 Å². The zero-order valence-electron chi connectivity index (χ0n) is 17.0. The van der Waals surface area contributed by atoms with Crippen LogP contribution in [-0.2, 0) is 0 Å². The Kier molecular flexibility index (Phi) is 4.32. The lowest BCUT2D eigenvalue weighted by atomic mass is 9.76. The molecule has 154 valence electrons. The second kappa shape index (κ2) is 6.80. The summed E-state index contributed by atoms with van der Waals surface area (Å²) in [5.41, 5.74) is 1.53. The van der Waals surface area contributed by atoms with Crippen LogP contribution >= 0.6 is 0 Å². The summed E-state index contributed by atoms with van der Waals surface area (Å²) in [6.07, 6.45) is 5.45. The molecule has 2 aliphatic heterocycles. The molecule has 3 unspecified atom stereocenters. The van der Waals surface area contributed by atoms with Crippen LogP contribution in [0, 0.1) is 11.8 Å². The van der Waals surface area contributed by atoms with Gasteiger partial charge in [-0.15, -0.1) is 10.2 Å². The molecule has 0 aliphatic carbocycles. The Morgan fingerprint density at radius 3 is 2.87 bits per heavy atom. The van der Waals surface area contributed by atoms with E-state index in [1.54, 1.807) is 24.7 Å². The van der Waals surface area contributed by atoms with Crippen molar-refractivity contribution in [2.24, 2.45) is 11.8 Å². The van der Waals surface area contributed by atoms with E-state index in [0.29, 0.717) is 35.0 Å². The summed E-state index contributed by atoms with van der Waals surface area (Å²) in [7, 11) is 0. The van der Waals surface area contributed by atoms with Gasteiger partial charge in [-0.1, -0.05) is 13.5 Å². The number of fused-ring (bicyclic) bond motifs is 3. The Morgan fingerprint density at radius 2 is 2.10 bits per heavy atom. The van der Waals surface area contributed by atoms with Gasteiger partial charge in [-0.05, 0) is 54.8 Å². The largest absolute Gasteiger partial charge is 0.507 e. The minimum Gasteiger partial charge on any atom is -0.507 e. The highest BCUT2D eigenvalue weighted by Crippen LogP contribution is 2.47. The molecular formula is C23H24FN5O. The molecule has 0 spiro atoms. The Bertz CT molecular complexity index is 1130. The van der Waals surface area contributed by atoms with Crippen LogP contribution in [0.15, 0.2) is 43.4 Å². The van der Waals surface area contributed by atoms with Gasteiger partial charge in [0.05, 0.1) is 11.8 Å².